The van der Waals surface area contributed by atoms with Gasteiger partial charge >= 0.3 is 0 Å². The molecular weight excluding hydrogens is 227 g/mol. The second kappa shape index (κ2) is 4.07. The molecule has 1 unspecified atom stereocenters. The average Bonchev–Trinajstić information content (AvgIpc) is 2.58. The molecule has 4 heteroatoms. The molecule has 3 rings (SSSR count). The molecule has 1 aromatic heterocycles. The molecule has 16 heavy (non-hydrogen) atoms. The summed E-state index contributed by atoms with van der Waals surface area (Å²) in [5.41, 5.74) is 9.33. The van der Waals surface area contributed by atoms with Crippen molar-refractivity contribution in [2.45, 2.75) is 25.3 Å². The van der Waals surface area contributed by atoms with Crippen LogP contribution >= 0.6 is 12.4 Å². The van der Waals surface area contributed by atoms with Crippen LogP contribution in [0.3, 0.4) is 0 Å². The first-order chi connectivity index (χ1) is 7.25. The van der Waals surface area contributed by atoms with Crippen molar-refractivity contribution in [3.05, 3.63) is 35.3 Å². The van der Waals surface area contributed by atoms with E-state index in [9.17, 15) is 4.39 Å². The van der Waals surface area contributed by atoms with Gasteiger partial charge in [0.05, 0.1) is 0 Å². The van der Waals surface area contributed by atoms with Gasteiger partial charge < -0.3 is 10.7 Å². The summed E-state index contributed by atoms with van der Waals surface area (Å²) in [4.78, 5) is 3.30. The number of H-pyrrole nitrogens is 1. The highest BCUT2D eigenvalue weighted by molar-refractivity contribution is 5.85. The number of hydrogen-bond acceptors (Lipinski definition) is 1. The van der Waals surface area contributed by atoms with Crippen LogP contribution in [0.15, 0.2) is 18.2 Å². The molecule has 0 aliphatic heterocycles. The Labute approximate surface area is 99.4 Å². The van der Waals surface area contributed by atoms with Gasteiger partial charge in [-0.15, -0.1) is 12.4 Å². The number of benzene rings is 1. The van der Waals surface area contributed by atoms with Gasteiger partial charge in [0.15, 0.2) is 0 Å². The third-order valence-electron chi connectivity index (χ3n) is 3.21. The summed E-state index contributed by atoms with van der Waals surface area (Å²) in [6.45, 7) is 0. The fraction of sp³-hybridized carbons (Fsp3) is 0.333. The van der Waals surface area contributed by atoms with Crippen molar-refractivity contribution in [3.8, 4) is 0 Å². The molecule has 86 valence electrons. The first-order valence-electron chi connectivity index (χ1n) is 5.31. The summed E-state index contributed by atoms with van der Waals surface area (Å²) in [7, 11) is 0. The molecule has 0 spiro atoms. The minimum absolute atomic E-state index is 0. The number of aryl methyl sites for hydroxylation is 1. The molecule has 1 heterocycles. The third-order valence-corrected chi connectivity index (χ3v) is 3.21. The van der Waals surface area contributed by atoms with E-state index in [1.54, 1.807) is 12.1 Å². The highest BCUT2D eigenvalue weighted by atomic mass is 35.5. The van der Waals surface area contributed by atoms with Gasteiger partial charge in [0.25, 0.3) is 0 Å². The van der Waals surface area contributed by atoms with Gasteiger partial charge in [0.1, 0.15) is 5.82 Å². The molecule has 3 N–H and O–H groups in total. The molecule has 2 aromatic rings. The number of halogens is 2. The van der Waals surface area contributed by atoms with E-state index in [2.05, 4.69) is 4.98 Å². The molecule has 0 saturated carbocycles. The maximum atomic E-state index is 13.1. The van der Waals surface area contributed by atoms with Gasteiger partial charge in [-0.25, -0.2) is 4.39 Å². The van der Waals surface area contributed by atoms with E-state index in [0.717, 1.165) is 35.9 Å². The third kappa shape index (κ3) is 1.60. The van der Waals surface area contributed by atoms with E-state index in [1.165, 1.54) is 11.6 Å². The minimum Gasteiger partial charge on any atom is -0.357 e. The van der Waals surface area contributed by atoms with E-state index in [4.69, 9.17) is 5.73 Å². The van der Waals surface area contributed by atoms with Crippen molar-refractivity contribution < 1.29 is 4.39 Å². The number of nitrogens with one attached hydrogen (secondary N) is 1. The van der Waals surface area contributed by atoms with Gasteiger partial charge in [-0.3, -0.25) is 0 Å². The van der Waals surface area contributed by atoms with E-state index >= 15 is 0 Å². The van der Waals surface area contributed by atoms with Gasteiger partial charge in [0, 0.05) is 22.6 Å². The zero-order chi connectivity index (χ0) is 10.4. The number of aromatic amines is 1. The van der Waals surface area contributed by atoms with Crippen molar-refractivity contribution in [2.75, 3.05) is 0 Å². The SMILES string of the molecule is Cl.NC1CCCc2c1[nH]c1ccc(F)cc21. The van der Waals surface area contributed by atoms with Crippen LogP contribution in [0.1, 0.15) is 30.1 Å². The lowest BCUT2D eigenvalue weighted by molar-refractivity contribution is 0.562. The smallest absolute Gasteiger partial charge is 0.123 e. The van der Waals surface area contributed by atoms with Crippen LogP contribution in [-0.4, -0.2) is 4.98 Å². The Morgan fingerprint density at radius 2 is 2.19 bits per heavy atom. The minimum atomic E-state index is -0.177. The first-order valence-corrected chi connectivity index (χ1v) is 5.31. The fourth-order valence-electron chi connectivity index (χ4n) is 2.47. The number of rotatable bonds is 0. The van der Waals surface area contributed by atoms with Crippen molar-refractivity contribution >= 4 is 23.3 Å². The lowest BCUT2D eigenvalue weighted by atomic mass is 9.92. The summed E-state index contributed by atoms with van der Waals surface area (Å²) >= 11 is 0. The van der Waals surface area contributed by atoms with Gasteiger partial charge in [0.2, 0.25) is 0 Å². The van der Waals surface area contributed by atoms with Crippen molar-refractivity contribution in [3.63, 3.8) is 0 Å². The maximum absolute atomic E-state index is 13.1. The van der Waals surface area contributed by atoms with E-state index in [0.29, 0.717) is 0 Å². The fourth-order valence-corrected chi connectivity index (χ4v) is 2.47. The van der Waals surface area contributed by atoms with Crippen LogP contribution in [0, 0.1) is 5.82 Å². The molecule has 0 amide bonds. The molecule has 0 fully saturated rings. The van der Waals surface area contributed by atoms with Gasteiger partial charge in [-0.1, -0.05) is 0 Å². The zero-order valence-corrected chi connectivity index (χ0v) is 9.61. The molecule has 1 aliphatic carbocycles. The second-order valence-electron chi connectivity index (χ2n) is 4.21. The van der Waals surface area contributed by atoms with Crippen LogP contribution in [0.4, 0.5) is 4.39 Å². The predicted molar refractivity (Wildman–Crippen MR) is 65.4 cm³/mol. The summed E-state index contributed by atoms with van der Waals surface area (Å²) in [5, 5.41) is 1.00. The molecule has 0 radical (unpaired) electrons. The Kier molecular flexibility index (Phi) is 2.91. The summed E-state index contributed by atoms with van der Waals surface area (Å²) in [6.07, 6.45) is 3.12. The molecule has 1 aliphatic rings. The average molecular weight is 241 g/mol. The van der Waals surface area contributed by atoms with E-state index in [1.807, 2.05) is 0 Å². The van der Waals surface area contributed by atoms with E-state index < -0.39 is 0 Å². The molecule has 0 saturated heterocycles. The largest absolute Gasteiger partial charge is 0.357 e. The van der Waals surface area contributed by atoms with Crippen LogP contribution in [0.5, 0.6) is 0 Å². The maximum Gasteiger partial charge on any atom is 0.123 e. The van der Waals surface area contributed by atoms with Crippen molar-refractivity contribution in [2.24, 2.45) is 5.73 Å². The topological polar surface area (TPSA) is 41.8 Å². The van der Waals surface area contributed by atoms with Crippen LogP contribution in [0.25, 0.3) is 10.9 Å². The molecule has 1 atom stereocenters. The van der Waals surface area contributed by atoms with Crippen LogP contribution in [-0.2, 0) is 6.42 Å². The molecule has 0 bridgehead atoms. The van der Waals surface area contributed by atoms with Gasteiger partial charge in [-0.2, -0.15) is 0 Å². The first kappa shape index (κ1) is 11.4. The highest BCUT2D eigenvalue weighted by Gasteiger charge is 2.21. The Morgan fingerprint density at radius 1 is 1.38 bits per heavy atom. The summed E-state index contributed by atoms with van der Waals surface area (Å²) < 4.78 is 13.1. The lowest BCUT2D eigenvalue weighted by Crippen LogP contribution is -2.16. The molecule has 1 aromatic carbocycles. The standard InChI is InChI=1S/C12H13FN2.ClH/c13-7-4-5-11-9(6-7)8-2-1-3-10(14)12(8)15-11;/h4-6,10,15H,1-3,14H2;1H. The van der Waals surface area contributed by atoms with Crippen LogP contribution in [0.2, 0.25) is 0 Å². The lowest BCUT2D eigenvalue weighted by Gasteiger charge is -2.18. The Balaban J connectivity index is 0.000000963. The zero-order valence-electron chi connectivity index (χ0n) is 8.79. The number of hydrogen-bond donors (Lipinski definition) is 2. The number of fused-ring (bicyclic) bond motifs is 3. The van der Waals surface area contributed by atoms with Gasteiger partial charge in [-0.05, 0) is 43.0 Å². The Morgan fingerprint density at radius 3 is 3.00 bits per heavy atom. The second-order valence-corrected chi connectivity index (χ2v) is 4.21. The Bertz CT molecular complexity index is 521. The molecule has 2 nitrogen and oxygen atoms in total. The molecular formula is C12H14ClFN2. The highest BCUT2D eigenvalue weighted by Crippen LogP contribution is 2.33. The Hall–Kier alpha value is -1.06. The monoisotopic (exact) mass is 240 g/mol. The summed E-state index contributed by atoms with van der Waals surface area (Å²) in [5.74, 6) is -0.177. The predicted octanol–water partition coefficient (Wildman–Crippen LogP) is 3.06. The van der Waals surface area contributed by atoms with Crippen molar-refractivity contribution in [1.29, 1.82) is 0 Å². The number of nitrogens with two attached hydrogens (primary N) is 1. The quantitative estimate of drug-likeness (QED) is 0.730. The van der Waals surface area contributed by atoms with Crippen LogP contribution < -0.4 is 5.73 Å². The number of aromatic nitrogens is 1. The van der Waals surface area contributed by atoms with Crippen molar-refractivity contribution in [1.82, 2.24) is 4.98 Å². The normalized spacial score (nSPS) is 19.2. The summed E-state index contributed by atoms with van der Waals surface area (Å²) in [6, 6.07) is 4.96. The van der Waals surface area contributed by atoms with E-state index in [-0.39, 0.29) is 24.3 Å².